The van der Waals surface area contributed by atoms with Crippen LogP contribution in [0.1, 0.15) is 56.0 Å². The second-order valence-electron chi connectivity index (χ2n) is 11.6. The van der Waals surface area contributed by atoms with Gasteiger partial charge in [0.15, 0.2) is 0 Å². The fourth-order valence-corrected chi connectivity index (χ4v) is 6.88. The summed E-state index contributed by atoms with van der Waals surface area (Å²) >= 11 is 0. The van der Waals surface area contributed by atoms with Crippen LogP contribution in [0.2, 0.25) is 0 Å². The molecule has 14 heteroatoms. The van der Waals surface area contributed by atoms with Gasteiger partial charge in [-0.25, -0.2) is 27.7 Å². The van der Waals surface area contributed by atoms with Crippen molar-refractivity contribution in [3.05, 3.63) is 48.2 Å². The second kappa shape index (κ2) is 11.1. The molecule has 0 bridgehead atoms. The number of aliphatic hydroxyl groups excluding tert-OH is 1. The van der Waals surface area contributed by atoms with Gasteiger partial charge in [0.2, 0.25) is 10.0 Å². The van der Waals surface area contributed by atoms with Crippen LogP contribution in [0.3, 0.4) is 0 Å². The molecule has 10 nitrogen and oxygen atoms in total. The maximum absolute atomic E-state index is 13.0. The molecule has 2 aliphatic rings. The SMILES string of the molecule is CS(=O)(=O)N(CCCCc1nc2ccc(C(F)(F)F)cc2[nH]1)C[C@@H]1C[C@@H](O)[C@H](n2ccc3c(NC4CC4)ncnc32)C1. The molecule has 0 radical (unpaired) electrons. The summed E-state index contributed by atoms with van der Waals surface area (Å²) in [5, 5.41) is 15.3. The number of halogens is 3. The summed E-state index contributed by atoms with van der Waals surface area (Å²) in [5.41, 5.74) is 0.798. The van der Waals surface area contributed by atoms with Crippen molar-refractivity contribution < 1.29 is 26.7 Å². The molecule has 0 aliphatic heterocycles. The number of aromatic nitrogens is 5. The average Bonchev–Trinajstić information content (AvgIpc) is 3.31. The predicted octanol–water partition coefficient (Wildman–Crippen LogP) is 4.50. The first-order valence-corrected chi connectivity index (χ1v) is 16.1. The molecule has 0 amide bonds. The number of aromatic amines is 1. The molecule has 3 aromatic heterocycles. The number of anilines is 1. The summed E-state index contributed by atoms with van der Waals surface area (Å²) in [5.74, 6) is 1.33. The number of fused-ring (bicyclic) bond motifs is 2. The van der Waals surface area contributed by atoms with E-state index in [4.69, 9.17) is 0 Å². The summed E-state index contributed by atoms with van der Waals surface area (Å²) in [6, 6.07) is 5.59. The number of imidazole rings is 1. The van der Waals surface area contributed by atoms with Gasteiger partial charge in [-0.2, -0.15) is 13.2 Å². The Kier molecular flexibility index (Phi) is 7.64. The van der Waals surface area contributed by atoms with Crippen LogP contribution in [0.5, 0.6) is 0 Å². The Morgan fingerprint density at radius 3 is 2.71 bits per heavy atom. The van der Waals surface area contributed by atoms with Crippen molar-refractivity contribution in [3.63, 3.8) is 0 Å². The van der Waals surface area contributed by atoms with Crippen LogP contribution in [0.4, 0.5) is 19.0 Å². The Hall–Kier alpha value is -3.23. The topological polar surface area (TPSA) is 129 Å². The van der Waals surface area contributed by atoms with Crippen LogP contribution >= 0.6 is 0 Å². The van der Waals surface area contributed by atoms with Crippen LogP contribution in [0, 0.1) is 5.92 Å². The summed E-state index contributed by atoms with van der Waals surface area (Å²) in [4.78, 5) is 16.2. The van der Waals surface area contributed by atoms with Gasteiger partial charge in [-0.05, 0) is 68.7 Å². The van der Waals surface area contributed by atoms with Crippen molar-refractivity contribution in [1.29, 1.82) is 0 Å². The predicted molar refractivity (Wildman–Crippen MR) is 152 cm³/mol. The van der Waals surface area contributed by atoms with Gasteiger partial charge >= 0.3 is 6.18 Å². The van der Waals surface area contributed by atoms with E-state index < -0.39 is 27.9 Å². The van der Waals surface area contributed by atoms with Crippen molar-refractivity contribution in [3.8, 4) is 0 Å². The second-order valence-corrected chi connectivity index (χ2v) is 13.5. The van der Waals surface area contributed by atoms with Crippen molar-refractivity contribution in [2.24, 2.45) is 5.92 Å². The summed E-state index contributed by atoms with van der Waals surface area (Å²) < 4.78 is 67.7. The number of alkyl halides is 3. The van der Waals surface area contributed by atoms with Crippen molar-refractivity contribution in [2.45, 2.75) is 69.3 Å². The molecule has 0 unspecified atom stereocenters. The minimum Gasteiger partial charge on any atom is -0.391 e. The highest BCUT2D eigenvalue weighted by Crippen LogP contribution is 2.39. The van der Waals surface area contributed by atoms with E-state index >= 15 is 0 Å². The first kappa shape index (κ1) is 28.9. The highest BCUT2D eigenvalue weighted by molar-refractivity contribution is 7.88. The number of H-pyrrole nitrogens is 1. The summed E-state index contributed by atoms with van der Waals surface area (Å²) in [6.45, 7) is 0.615. The van der Waals surface area contributed by atoms with Crippen molar-refractivity contribution in [1.82, 2.24) is 28.8 Å². The van der Waals surface area contributed by atoms with E-state index in [1.54, 1.807) is 0 Å². The van der Waals surface area contributed by atoms with Gasteiger partial charge in [0, 0.05) is 31.7 Å². The van der Waals surface area contributed by atoms with Crippen LogP contribution in [-0.2, 0) is 22.6 Å². The van der Waals surface area contributed by atoms with Gasteiger partial charge in [0.1, 0.15) is 23.6 Å². The Morgan fingerprint density at radius 2 is 1.98 bits per heavy atom. The van der Waals surface area contributed by atoms with Crippen molar-refractivity contribution in [2.75, 3.05) is 24.7 Å². The molecule has 3 atom stereocenters. The highest BCUT2D eigenvalue weighted by Gasteiger charge is 2.37. The lowest BCUT2D eigenvalue weighted by atomic mass is 10.1. The van der Waals surface area contributed by atoms with E-state index in [0.29, 0.717) is 68.1 Å². The number of aryl methyl sites for hydroxylation is 1. The minimum atomic E-state index is -4.43. The minimum absolute atomic E-state index is 0.0266. The van der Waals surface area contributed by atoms with Crippen LogP contribution in [0.15, 0.2) is 36.8 Å². The fraction of sp³-hybridized carbons (Fsp3) is 0.536. The number of sulfonamides is 1. The Bertz CT molecular complexity index is 1680. The molecule has 2 aliphatic carbocycles. The molecular formula is C28H34F3N7O3S. The number of aliphatic hydroxyl groups is 1. The zero-order valence-electron chi connectivity index (χ0n) is 23.2. The lowest BCUT2D eigenvalue weighted by molar-refractivity contribution is -0.137. The largest absolute Gasteiger partial charge is 0.416 e. The first-order valence-electron chi connectivity index (χ1n) is 14.2. The average molecular weight is 606 g/mol. The smallest absolute Gasteiger partial charge is 0.391 e. The monoisotopic (exact) mass is 605 g/mol. The van der Waals surface area contributed by atoms with Crippen LogP contribution in [0.25, 0.3) is 22.1 Å². The molecule has 3 heterocycles. The molecule has 226 valence electrons. The molecule has 1 aromatic carbocycles. The Morgan fingerprint density at radius 1 is 1.17 bits per heavy atom. The molecule has 4 aromatic rings. The number of nitrogens with zero attached hydrogens (tertiary/aromatic N) is 5. The van der Waals surface area contributed by atoms with Gasteiger partial charge in [0.05, 0.1) is 40.4 Å². The third-order valence-corrected chi connectivity index (χ3v) is 9.51. The maximum Gasteiger partial charge on any atom is 0.416 e. The normalized spacial score (nSPS) is 21.6. The van der Waals surface area contributed by atoms with Crippen molar-refractivity contribution >= 4 is 37.9 Å². The van der Waals surface area contributed by atoms with E-state index in [9.17, 15) is 26.7 Å². The van der Waals surface area contributed by atoms with E-state index in [-0.39, 0.29) is 12.0 Å². The first-order chi connectivity index (χ1) is 20.0. The third kappa shape index (κ3) is 6.25. The number of unbranched alkanes of at least 4 members (excludes halogenated alkanes) is 1. The van der Waals surface area contributed by atoms with E-state index in [0.717, 1.165) is 41.8 Å². The number of hydrogen-bond donors (Lipinski definition) is 3. The third-order valence-electron chi connectivity index (χ3n) is 8.24. The summed E-state index contributed by atoms with van der Waals surface area (Å²) in [6.07, 6.45) is 4.58. The molecule has 3 N–H and O–H groups in total. The molecule has 2 saturated carbocycles. The van der Waals surface area contributed by atoms with Gasteiger partial charge in [0.25, 0.3) is 0 Å². The standard InChI is InChI=1S/C28H34F3N7O3S/c1-42(40,41)37(10-3-2-4-25-35-21-8-5-18(28(29,30)31)14-22(21)36-25)15-17-12-23(24(39)13-17)38-11-9-20-26(34-19-6-7-19)32-16-33-27(20)38/h5,8-9,11,14,16-17,19,23-24,39H,2-4,6-7,10,12-13,15H2,1H3,(H,35,36)(H,32,33,34)/t17-,23+,24+/m0/s1. The quantitative estimate of drug-likeness (QED) is 0.215. The lowest BCUT2D eigenvalue weighted by Crippen LogP contribution is -2.35. The highest BCUT2D eigenvalue weighted by atomic mass is 32.2. The van der Waals surface area contributed by atoms with E-state index in [1.165, 1.54) is 23.0 Å². The fourth-order valence-electron chi connectivity index (χ4n) is 5.93. The van der Waals surface area contributed by atoms with Crippen LogP contribution in [-0.4, -0.2) is 73.8 Å². The summed E-state index contributed by atoms with van der Waals surface area (Å²) in [7, 11) is -3.49. The van der Waals surface area contributed by atoms with Gasteiger partial charge in [-0.3, -0.25) is 0 Å². The van der Waals surface area contributed by atoms with Gasteiger partial charge in [-0.1, -0.05) is 0 Å². The Balaban J connectivity index is 1.06. The molecular weight excluding hydrogens is 571 g/mol. The molecule has 6 rings (SSSR count). The number of hydrogen-bond acceptors (Lipinski definition) is 7. The Labute approximate surface area is 241 Å². The van der Waals surface area contributed by atoms with Gasteiger partial charge in [-0.15, -0.1) is 0 Å². The maximum atomic E-state index is 13.0. The zero-order valence-corrected chi connectivity index (χ0v) is 24.0. The lowest BCUT2D eigenvalue weighted by Gasteiger charge is -2.23. The number of rotatable bonds is 11. The van der Waals surface area contributed by atoms with E-state index in [2.05, 4.69) is 25.3 Å². The number of benzene rings is 1. The van der Waals surface area contributed by atoms with Crippen LogP contribution < -0.4 is 5.32 Å². The molecule has 0 spiro atoms. The van der Waals surface area contributed by atoms with Gasteiger partial charge < -0.3 is 20.0 Å². The number of nitrogens with one attached hydrogen (secondary N) is 2. The van der Waals surface area contributed by atoms with E-state index in [1.807, 2.05) is 16.8 Å². The molecule has 2 fully saturated rings. The zero-order chi connectivity index (χ0) is 29.6. The molecule has 42 heavy (non-hydrogen) atoms. The molecule has 0 saturated heterocycles.